The van der Waals surface area contributed by atoms with Crippen LogP contribution in [0.1, 0.15) is 23.2 Å². The number of likely N-dealkylation sites (tertiary alicyclic amines) is 1. The average molecular weight is 342 g/mol. The topological polar surface area (TPSA) is 95.9 Å². The van der Waals surface area contributed by atoms with Crippen molar-refractivity contribution in [3.05, 3.63) is 29.3 Å². The first-order valence-corrected chi connectivity index (χ1v) is 7.20. The zero-order chi connectivity index (χ0) is 17.9. The van der Waals surface area contributed by atoms with Crippen molar-refractivity contribution in [2.75, 3.05) is 25.5 Å². The fraction of sp³-hybridized carbons (Fsp3) is 0.400. The smallest absolute Gasteiger partial charge is 0.343 e. The highest BCUT2D eigenvalue weighted by molar-refractivity contribution is 5.94. The molecule has 2 amide bonds. The van der Waals surface area contributed by atoms with Gasteiger partial charge in [-0.2, -0.15) is 0 Å². The van der Waals surface area contributed by atoms with Gasteiger partial charge in [-0.3, -0.25) is 4.79 Å². The number of nitrogens with zero attached hydrogens (tertiary/aromatic N) is 1. The van der Waals surface area contributed by atoms with Gasteiger partial charge in [0.15, 0.2) is 5.82 Å². The van der Waals surface area contributed by atoms with Crippen LogP contribution in [-0.2, 0) is 9.53 Å². The number of benzene rings is 1. The van der Waals surface area contributed by atoms with E-state index < -0.39 is 41.1 Å². The third kappa shape index (κ3) is 3.61. The molecule has 1 atom stereocenters. The van der Waals surface area contributed by atoms with Crippen LogP contribution in [0.15, 0.2) is 12.1 Å². The summed E-state index contributed by atoms with van der Waals surface area (Å²) in [5, 5.41) is 11.2. The number of halogens is 2. The molecule has 1 aliphatic rings. The number of ether oxygens (including phenoxy) is 1. The molecular formula is C15H16F2N2O5. The van der Waals surface area contributed by atoms with Gasteiger partial charge in [0.2, 0.25) is 0 Å². The number of carbonyl (C=O) groups is 3. The van der Waals surface area contributed by atoms with E-state index in [9.17, 15) is 23.2 Å². The van der Waals surface area contributed by atoms with Crippen molar-refractivity contribution in [1.29, 1.82) is 0 Å². The van der Waals surface area contributed by atoms with E-state index in [0.29, 0.717) is 19.4 Å². The molecule has 0 spiro atoms. The van der Waals surface area contributed by atoms with Gasteiger partial charge in [0.25, 0.3) is 0 Å². The number of esters is 1. The molecule has 0 aromatic heterocycles. The molecule has 24 heavy (non-hydrogen) atoms. The summed E-state index contributed by atoms with van der Waals surface area (Å²) in [6, 6.07) is 1.09. The molecule has 1 saturated heterocycles. The van der Waals surface area contributed by atoms with E-state index >= 15 is 0 Å². The quantitative estimate of drug-likeness (QED) is 0.820. The Bertz CT molecular complexity index is 680. The van der Waals surface area contributed by atoms with Crippen LogP contribution in [0, 0.1) is 17.6 Å². The Labute approximate surface area is 136 Å². The first kappa shape index (κ1) is 17.6. The summed E-state index contributed by atoms with van der Waals surface area (Å²) >= 11 is 0. The lowest BCUT2D eigenvalue weighted by molar-refractivity contribution is -0.143. The Balaban J connectivity index is 2.17. The monoisotopic (exact) mass is 342 g/mol. The zero-order valence-corrected chi connectivity index (χ0v) is 12.8. The van der Waals surface area contributed by atoms with E-state index in [-0.39, 0.29) is 12.2 Å². The molecule has 0 bridgehead atoms. The maximum atomic E-state index is 14.2. The first-order valence-electron chi connectivity index (χ1n) is 7.20. The number of methoxy groups -OCH3 is 1. The number of nitrogens with one attached hydrogen (secondary N) is 1. The number of carboxylic acids is 1. The second-order valence-corrected chi connectivity index (χ2v) is 5.33. The van der Waals surface area contributed by atoms with Gasteiger partial charge in [0, 0.05) is 13.1 Å². The van der Waals surface area contributed by atoms with Crippen molar-refractivity contribution in [1.82, 2.24) is 4.90 Å². The molecule has 1 unspecified atom stereocenters. The number of carboxylic acid groups (broad SMARTS) is 1. The summed E-state index contributed by atoms with van der Waals surface area (Å²) in [6.45, 7) is 0.316. The standard InChI is InChI=1S/C15H16F2N2O5/c1-24-14(22)11-9(16)4-5-10(12(11)17)18-15(23)19-6-2-3-8(7-19)13(20)21/h4-5,8H,2-3,6-7H2,1H3,(H,18,23)(H,20,21). The fourth-order valence-electron chi connectivity index (χ4n) is 2.50. The SMILES string of the molecule is COC(=O)c1c(F)ccc(NC(=O)N2CCCC(C(=O)O)C2)c1F. The lowest BCUT2D eigenvalue weighted by Gasteiger charge is -2.30. The molecule has 1 aromatic carbocycles. The lowest BCUT2D eigenvalue weighted by atomic mass is 9.99. The maximum absolute atomic E-state index is 14.2. The Morgan fingerprint density at radius 2 is 2.04 bits per heavy atom. The zero-order valence-electron chi connectivity index (χ0n) is 12.8. The van der Waals surface area contributed by atoms with Gasteiger partial charge in [0.1, 0.15) is 11.4 Å². The Hall–Kier alpha value is -2.71. The lowest BCUT2D eigenvalue weighted by Crippen LogP contribution is -2.44. The number of hydrogen-bond donors (Lipinski definition) is 2. The third-order valence-electron chi connectivity index (χ3n) is 3.78. The van der Waals surface area contributed by atoms with Crippen LogP contribution in [0.4, 0.5) is 19.3 Å². The molecule has 1 fully saturated rings. The summed E-state index contributed by atoms with van der Waals surface area (Å²) in [4.78, 5) is 35.8. The average Bonchev–Trinajstić information content (AvgIpc) is 2.57. The minimum Gasteiger partial charge on any atom is -0.481 e. The van der Waals surface area contributed by atoms with Gasteiger partial charge in [-0.1, -0.05) is 0 Å². The van der Waals surface area contributed by atoms with Crippen LogP contribution in [0.2, 0.25) is 0 Å². The fourth-order valence-corrected chi connectivity index (χ4v) is 2.50. The van der Waals surface area contributed by atoms with Gasteiger partial charge in [-0.15, -0.1) is 0 Å². The molecule has 2 N–H and O–H groups in total. The summed E-state index contributed by atoms with van der Waals surface area (Å²) < 4.78 is 32.1. The van der Waals surface area contributed by atoms with Crippen LogP contribution >= 0.6 is 0 Å². The van der Waals surface area contributed by atoms with Gasteiger partial charge < -0.3 is 20.1 Å². The van der Waals surface area contributed by atoms with E-state index in [1.54, 1.807) is 0 Å². The van der Waals surface area contributed by atoms with Gasteiger partial charge >= 0.3 is 18.0 Å². The van der Waals surface area contributed by atoms with Crippen molar-refractivity contribution < 1.29 is 33.0 Å². The molecular weight excluding hydrogens is 326 g/mol. The second kappa shape index (κ2) is 7.24. The molecule has 130 valence electrons. The minimum atomic E-state index is -1.25. The molecule has 2 rings (SSSR count). The molecule has 1 aromatic rings. The van der Waals surface area contributed by atoms with Crippen molar-refractivity contribution in [3.63, 3.8) is 0 Å². The summed E-state index contributed by atoms with van der Waals surface area (Å²) in [6.07, 6.45) is 0.959. The minimum absolute atomic E-state index is 0.00611. The molecule has 9 heteroatoms. The Morgan fingerprint density at radius 3 is 2.67 bits per heavy atom. The summed E-state index contributed by atoms with van der Waals surface area (Å²) in [5.41, 5.74) is -1.29. The molecule has 0 aliphatic carbocycles. The number of anilines is 1. The first-order chi connectivity index (χ1) is 11.3. The summed E-state index contributed by atoms with van der Waals surface area (Å²) in [7, 11) is 0.978. The number of aliphatic carboxylic acids is 1. The van der Waals surface area contributed by atoms with Crippen molar-refractivity contribution >= 4 is 23.7 Å². The van der Waals surface area contributed by atoms with Gasteiger partial charge in [-0.05, 0) is 25.0 Å². The number of amides is 2. The van der Waals surface area contributed by atoms with E-state index in [4.69, 9.17) is 5.11 Å². The predicted octanol–water partition coefficient (Wildman–Crippen LogP) is 2.08. The molecule has 7 nitrogen and oxygen atoms in total. The number of hydrogen-bond acceptors (Lipinski definition) is 4. The second-order valence-electron chi connectivity index (χ2n) is 5.33. The molecule has 1 heterocycles. The number of rotatable bonds is 3. The van der Waals surface area contributed by atoms with Gasteiger partial charge in [-0.25, -0.2) is 18.4 Å². The van der Waals surface area contributed by atoms with Crippen LogP contribution in [0.5, 0.6) is 0 Å². The molecule has 0 radical (unpaired) electrons. The highest BCUT2D eigenvalue weighted by Crippen LogP contribution is 2.23. The van der Waals surface area contributed by atoms with E-state index in [2.05, 4.69) is 10.1 Å². The van der Waals surface area contributed by atoms with Crippen LogP contribution in [0.25, 0.3) is 0 Å². The number of urea groups is 1. The van der Waals surface area contributed by atoms with Crippen LogP contribution in [0.3, 0.4) is 0 Å². The highest BCUT2D eigenvalue weighted by Gasteiger charge is 2.29. The maximum Gasteiger partial charge on any atom is 0.343 e. The third-order valence-corrected chi connectivity index (χ3v) is 3.78. The highest BCUT2D eigenvalue weighted by atomic mass is 19.1. The summed E-state index contributed by atoms with van der Waals surface area (Å²) in [5.74, 6) is -5.25. The Morgan fingerprint density at radius 1 is 1.33 bits per heavy atom. The Kier molecular flexibility index (Phi) is 5.32. The van der Waals surface area contributed by atoms with Crippen LogP contribution in [-0.4, -0.2) is 48.2 Å². The molecule has 0 saturated carbocycles. The number of carbonyl (C=O) groups excluding carboxylic acids is 2. The van der Waals surface area contributed by atoms with Gasteiger partial charge in [0.05, 0.1) is 18.7 Å². The largest absolute Gasteiger partial charge is 0.481 e. The molecule has 1 aliphatic heterocycles. The normalized spacial score (nSPS) is 17.3. The van der Waals surface area contributed by atoms with Crippen molar-refractivity contribution in [3.8, 4) is 0 Å². The number of piperidine rings is 1. The van der Waals surface area contributed by atoms with E-state index in [1.807, 2.05) is 0 Å². The predicted molar refractivity (Wildman–Crippen MR) is 78.6 cm³/mol. The van der Waals surface area contributed by atoms with E-state index in [0.717, 1.165) is 19.2 Å². The van der Waals surface area contributed by atoms with Crippen LogP contribution < -0.4 is 5.32 Å². The van der Waals surface area contributed by atoms with E-state index in [1.165, 1.54) is 4.90 Å². The van der Waals surface area contributed by atoms with Crippen molar-refractivity contribution in [2.24, 2.45) is 5.92 Å². The van der Waals surface area contributed by atoms with Crippen molar-refractivity contribution in [2.45, 2.75) is 12.8 Å².